The fourth-order valence-electron chi connectivity index (χ4n) is 2.79. The summed E-state index contributed by atoms with van der Waals surface area (Å²) in [5, 5.41) is 9.29. The highest BCUT2D eigenvalue weighted by molar-refractivity contribution is 5.95. The standard InChI is InChI=1S/C15H23N3O2/c1-17-7-5-11(6-8-17)10-18(2)14-4-3-12(16)9-13(14)15(19)20/h3-4,9,11H,5-8,10,16H2,1-2H3,(H,19,20). The van der Waals surface area contributed by atoms with E-state index in [1.807, 2.05) is 11.9 Å². The Morgan fingerprint density at radius 2 is 2.10 bits per heavy atom. The molecule has 2 rings (SSSR count). The molecule has 3 N–H and O–H groups in total. The van der Waals surface area contributed by atoms with Crippen molar-refractivity contribution in [3.8, 4) is 0 Å². The Labute approximate surface area is 120 Å². The zero-order valence-electron chi connectivity index (χ0n) is 12.2. The van der Waals surface area contributed by atoms with Crippen molar-refractivity contribution in [1.29, 1.82) is 0 Å². The second-order valence-corrected chi connectivity index (χ2v) is 5.71. The molecular weight excluding hydrogens is 254 g/mol. The predicted molar refractivity (Wildman–Crippen MR) is 81.3 cm³/mol. The Morgan fingerprint density at radius 1 is 1.45 bits per heavy atom. The third-order valence-electron chi connectivity index (χ3n) is 4.03. The Balaban J connectivity index is 2.09. The van der Waals surface area contributed by atoms with Crippen LogP contribution in [0.4, 0.5) is 11.4 Å². The summed E-state index contributed by atoms with van der Waals surface area (Å²) in [6.45, 7) is 3.12. The number of anilines is 2. The van der Waals surface area contributed by atoms with E-state index in [0.717, 1.165) is 38.2 Å². The first kappa shape index (κ1) is 14.7. The SMILES string of the molecule is CN1CCC(CN(C)c2ccc(N)cc2C(=O)O)CC1. The highest BCUT2D eigenvalue weighted by atomic mass is 16.4. The molecule has 1 fully saturated rings. The van der Waals surface area contributed by atoms with Crippen molar-refractivity contribution in [3.63, 3.8) is 0 Å². The minimum atomic E-state index is -0.928. The number of benzene rings is 1. The van der Waals surface area contributed by atoms with Crippen LogP contribution in [0.25, 0.3) is 0 Å². The Morgan fingerprint density at radius 3 is 2.70 bits per heavy atom. The summed E-state index contributed by atoms with van der Waals surface area (Å²) in [6, 6.07) is 5.09. The van der Waals surface area contributed by atoms with Gasteiger partial charge in [-0.15, -0.1) is 0 Å². The molecule has 0 saturated carbocycles. The number of hydrogen-bond acceptors (Lipinski definition) is 4. The summed E-state index contributed by atoms with van der Waals surface area (Å²) in [6.07, 6.45) is 2.33. The van der Waals surface area contributed by atoms with Crippen LogP contribution in [-0.2, 0) is 0 Å². The van der Waals surface area contributed by atoms with Gasteiger partial charge in [0.1, 0.15) is 0 Å². The van der Waals surface area contributed by atoms with E-state index < -0.39 is 5.97 Å². The molecule has 0 aliphatic carbocycles. The first-order valence-electron chi connectivity index (χ1n) is 7.00. The lowest BCUT2D eigenvalue weighted by atomic mass is 9.96. The highest BCUT2D eigenvalue weighted by Gasteiger charge is 2.20. The molecule has 0 bridgehead atoms. The largest absolute Gasteiger partial charge is 0.478 e. The molecule has 1 saturated heterocycles. The quantitative estimate of drug-likeness (QED) is 0.820. The van der Waals surface area contributed by atoms with E-state index >= 15 is 0 Å². The van der Waals surface area contributed by atoms with Gasteiger partial charge in [0.15, 0.2) is 0 Å². The van der Waals surface area contributed by atoms with Gasteiger partial charge in [0.2, 0.25) is 0 Å². The summed E-state index contributed by atoms with van der Waals surface area (Å²) in [7, 11) is 4.10. The van der Waals surface area contributed by atoms with Crippen molar-refractivity contribution in [3.05, 3.63) is 23.8 Å². The van der Waals surface area contributed by atoms with E-state index in [0.29, 0.717) is 11.6 Å². The monoisotopic (exact) mass is 277 g/mol. The molecule has 0 aromatic heterocycles. The maximum absolute atomic E-state index is 11.3. The van der Waals surface area contributed by atoms with Gasteiger partial charge in [-0.1, -0.05) is 0 Å². The molecule has 0 radical (unpaired) electrons. The predicted octanol–water partition coefficient (Wildman–Crippen LogP) is 1.74. The number of aromatic carboxylic acids is 1. The minimum Gasteiger partial charge on any atom is -0.478 e. The van der Waals surface area contributed by atoms with E-state index in [2.05, 4.69) is 11.9 Å². The summed E-state index contributed by atoms with van der Waals surface area (Å²) in [5.74, 6) is -0.307. The van der Waals surface area contributed by atoms with Gasteiger partial charge < -0.3 is 20.6 Å². The summed E-state index contributed by atoms with van der Waals surface area (Å²) in [4.78, 5) is 15.7. The van der Waals surface area contributed by atoms with Crippen LogP contribution in [0, 0.1) is 5.92 Å². The van der Waals surface area contributed by atoms with Gasteiger partial charge in [-0.05, 0) is 57.1 Å². The summed E-state index contributed by atoms with van der Waals surface area (Å²) >= 11 is 0. The van der Waals surface area contributed by atoms with Crippen LogP contribution in [0.2, 0.25) is 0 Å². The number of hydrogen-bond donors (Lipinski definition) is 2. The number of nitrogen functional groups attached to an aromatic ring is 1. The molecule has 1 aliphatic rings. The average Bonchev–Trinajstić information content (AvgIpc) is 2.41. The van der Waals surface area contributed by atoms with Crippen molar-refractivity contribution in [2.45, 2.75) is 12.8 Å². The number of carboxylic acid groups (broad SMARTS) is 1. The lowest BCUT2D eigenvalue weighted by Gasteiger charge is -2.32. The smallest absolute Gasteiger partial charge is 0.337 e. The van der Waals surface area contributed by atoms with Gasteiger partial charge >= 0.3 is 5.97 Å². The van der Waals surface area contributed by atoms with Crippen molar-refractivity contribution >= 4 is 17.3 Å². The lowest BCUT2D eigenvalue weighted by molar-refractivity contribution is 0.0697. The zero-order chi connectivity index (χ0) is 14.7. The molecule has 0 atom stereocenters. The first-order chi connectivity index (χ1) is 9.47. The minimum absolute atomic E-state index is 0.278. The number of piperidine rings is 1. The van der Waals surface area contributed by atoms with E-state index in [9.17, 15) is 9.90 Å². The third-order valence-corrected chi connectivity index (χ3v) is 4.03. The maximum atomic E-state index is 11.3. The van der Waals surface area contributed by atoms with E-state index in [4.69, 9.17) is 5.73 Å². The number of carboxylic acids is 1. The molecule has 1 aromatic carbocycles. The number of likely N-dealkylation sites (tertiary alicyclic amines) is 1. The summed E-state index contributed by atoms with van der Waals surface area (Å²) in [5.41, 5.74) is 7.18. The van der Waals surface area contributed by atoms with E-state index in [1.165, 1.54) is 6.07 Å². The molecule has 0 unspecified atom stereocenters. The van der Waals surface area contributed by atoms with Crippen molar-refractivity contribution in [2.24, 2.45) is 5.92 Å². The molecule has 0 spiro atoms. The van der Waals surface area contributed by atoms with Gasteiger partial charge in [-0.2, -0.15) is 0 Å². The molecule has 5 heteroatoms. The van der Waals surface area contributed by atoms with Crippen LogP contribution >= 0.6 is 0 Å². The molecule has 5 nitrogen and oxygen atoms in total. The third kappa shape index (κ3) is 3.42. The first-order valence-corrected chi connectivity index (χ1v) is 7.00. The molecule has 1 heterocycles. The Hall–Kier alpha value is -1.75. The molecule has 0 amide bonds. The van der Waals surface area contributed by atoms with Crippen molar-refractivity contribution in [2.75, 3.05) is 44.4 Å². The lowest BCUT2D eigenvalue weighted by Crippen LogP contribution is -2.36. The van der Waals surface area contributed by atoms with Crippen LogP contribution in [0.15, 0.2) is 18.2 Å². The van der Waals surface area contributed by atoms with Crippen LogP contribution in [0.3, 0.4) is 0 Å². The fraction of sp³-hybridized carbons (Fsp3) is 0.533. The number of nitrogens with two attached hydrogens (primary N) is 1. The van der Waals surface area contributed by atoms with Crippen LogP contribution in [0.5, 0.6) is 0 Å². The van der Waals surface area contributed by atoms with Gasteiger partial charge in [0, 0.05) is 19.3 Å². The maximum Gasteiger partial charge on any atom is 0.337 e. The van der Waals surface area contributed by atoms with Crippen molar-refractivity contribution in [1.82, 2.24) is 4.90 Å². The zero-order valence-corrected chi connectivity index (χ0v) is 12.2. The van der Waals surface area contributed by atoms with Gasteiger partial charge in [-0.25, -0.2) is 4.79 Å². The van der Waals surface area contributed by atoms with Crippen LogP contribution in [-0.4, -0.2) is 49.7 Å². The normalized spacial score (nSPS) is 17.1. The highest BCUT2D eigenvalue weighted by Crippen LogP contribution is 2.25. The van der Waals surface area contributed by atoms with Crippen LogP contribution in [0.1, 0.15) is 23.2 Å². The van der Waals surface area contributed by atoms with Gasteiger partial charge in [-0.3, -0.25) is 0 Å². The number of rotatable bonds is 4. The Bertz CT molecular complexity index is 482. The molecule has 110 valence electrons. The molecule has 1 aromatic rings. The summed E-state index contributed by atoms with van der Waals surface area (Å²) < 4.78 is 0. The molecule has 1 aliphatic heterocycles. The fourth-order valence-corrected chi connectivity index (χ4v) is 2.79. The second kappa shape index (κ2) is 6.13. The van der Waals surface area contributed by atoms with E-state index in [1.54, 1.807) is 12.1 Å². The topological polar surface area (TPSA) is 69.8 Å². The van der Waals surface area contributed by atoms with Crippen LogP contribution < -0.4 is 10.6 Å². The Kier molecular flexibility index (Phi) is 4.49. The number of carbonyl (C=O) groups is 1. The average molecular weight is 277 g/mol. The van der Waals surface area contributed by atoms with Crippen molar-refractivity contribution < 1.29 is 9.90 Å². The molecular formula is C15H23N3O2. The number of nitrogens with zero attached hydrogens (tertiary/aromatic N) is 2. The van der Waals surface area contributed by atoms with Gasteiger partial charge in [0.05, 0.1) is 11.3 Å². The molecule has 20 heavy (non-hydrogen) atoms. The van der Waals surface area contributed by atoms with E-state index in [-0.39, 0.29) is 5.56 Å². The van der Waals surface area contributed by atoms with Gasteiger partial charge in [0.25, 0.3) is 0 Å². The second-order valence-electron chi connectivity index (χ2n) is 5.71.